The lowest BCUT2D eigenvalue weighted by molar-refractivity contribution is 0.266. The molecule has 2 heteroatoms. The molecule has 1 rings (SSSR count). The Morgan fingerprint density at radius 3 is 2.17 bits per heavy atom. The van der Waals surface area contributed by atoms with E-state index in [0.717, 1.165) is 26.2 Å². The van der Waals surface area contributed by atoms with Gasteiger partial charge in [0.05, 0.1) is 0 Å². The van der Waals surface area contributed by atoms with Crippen LogP contribution in [0, 0.1) is 6.92 Å². The summed E-state index contributed by atoms with van der Waals surface area (Å²) in [7, 11) is 0. The van der Waals surface area contributed by atoms with E-state index in [1.54, 1.807) is 0 Å². The highest BCUT2D eigenvalue weighted by molar-refractivity contribution is 5.24. The zero-order chi connectivity index (χ0) is 13.4. The molecule has 0 heterocycles. The molecule has 0 aliphatic carbocycles. The predicted molar refractivity (Wildman–Crippen MR) is 80.0 cm³/mol. The van der Waals surface area contributed by atoms with E-state index in [4.69, 9.17) is 0 Å². The Bertz CT molecular complexity index is 314. The highest BCUT2D eigenvalue weighted by Crippen LogP contribution is 2.15. The van der Waals surface area contributed by atoms with Crippen LogP contribution in [0.3, 0.4) is 0 Å². The summed E-state index contributed by atoms with van der Waals surface area (Å²) in [5.41, 5.74) is 2.73. The maximum Gasteiger partial charge on any atom is 0.0449 e. The first-order chi connectivity index (χ1) is 8.71. The Labute approximate surface area is 112 Å². The molecule has 1 atom stereocenters. The second-order valence-electron chi connectivity index (χ2n) is 4.90. The van der Waals surface area contributed by atoms with Gasteiger partial charge in [0.25, 0.3) is 0 Å². The Hall–Kier alpha value is -0.860. The third-order valence-corrected chi connectivity index (χ3v) is 3.46. The van der Waals surface area contributed by atoms with Crippen LogP contribution < -0.4 is 5.32 Å². The first kappa shape index (κ1) is 15.2. The van der Waals surface area contributed by atoms with Gasteiger partial charge in [-0.1, -0.05) is 50.6 Å². The second-order valence-corrected chi connectivity index (χ2v) is 4.90. The highest BCUT2D eigenvalue weighted by atomic mass is 15.1. The van der Waals surface area contributed by atoms with E-state index in [0.29, 0.717) is 6.04 Å². The van der Waals surface area contributed by atoms with Crippen molar-refractivity contribution in [3.8, 4) is 0 Å². The summed E-state index contributed by atoms with van der Waals surface area (Å²) < 4.78 is 0. The lowest BCUT2D eigenvalue weighted by atomic mass is 10.0. The molecule has 0 saturated carbocycles. The molecule has 0 radical (unpaired) electrons. The average Bonchev–Trinajstić information content (AvgIpc) is 2.40. The SMILES string of the molecule is CCCNC(CN(CC)CC)c1ccc(C)cc1. The molecule has 2 nitrogen and oxygen atoms in total. The van der Waals surface area contributed by atoms with E-state index in [1.165, 1.54) is 17.5 Å². The summed E-state index contributed by atoms with van der Waals surface area (Å²) >= 11 is 0. The van der Waals surface area contributed by atoms with Crippen molar-refractivity contribution < 1.29 is 0 Å². The lowest BCUT2D eigenvalue weighted by Crippen LogP contribution is -2.35. The van der Waals surface area contributed by atoms with Crippen molar-refractivity contribution in [1.29, 1.82) is 0 Å². The molecule has 0 fully saturated rings. The van der Waals surface area contributed by atoms with E-state index < -0.39 is 0 Å². The summed E-state index contributed by atoms with van der Waals surface area (Å²) in [5, 5.41) is 3.66. The van der Waals surface area contributed by atoms with Gasteiger partial charge in [0, 0.05) is 12.6 Å². The molecule has 1 aromatic carbocycles. The summed E-state index contributed by atoms with van der Waals surface area (Å²) in [5.74, 6) is 0. The van der Waals surface area contributed by atoms with Gasteiger partial charge in [0.15, 0.2) is 0 Å². The first-order valence-corrected chi connectivity index (χ1v) is 7.23. The van der Waals surface area contributed by atoms with Crippen LogP contribution in [-0.4, -0.2) is 31.1 Å². The minimum atomic E-state index is 0.449. The van der Waals surface area contributed by atoms with Crippen molar-refractivity contribution in [3.63, 3.8) is 0 Å². The van der Waals surface area contributed by atoms with Crippen molar-refractivity contribution >= 4 is 0 Å². The summed E-state index contributed by atoms with van der Waals surface area (Å²) in [6.07, 6.45) is 1.18. The van der Waals surface area contributed by atoms with Crippen molar-refractivity contribution in [2.24, 2.45) is 0 Å². The van der Waals surface area contributed by atoms with Gasteiger partial charge in [-0.25, -0.2) is 0 Å². The fourth-order valence-corrected chi connectivity index (χ4v) is 2.15. The third-order valence-electron chi connectivity index (χ3n) is 3.46. The monoisotopic (exact) mass is 248 g/mol. The molecule has 0 aliphatic rings. The molecule has 0 aromatic heterocycles. The summed E-state index contributed by atoms with van der Waals surface area (Å²) in [6, 6.07) is 9.37. The lowest BCUT2D eigenvalue weighted by Gasteiger charge is -2.26. The number of nitrogens with one attached hydrogen (secondary N) is 1. The number of aryl methyl sites for hydroxylation is 1. The highest BCUT2D eigenvalue weighted by Gasteiger charge is 2.13. The van der Waals surface area contributed by atoms with Crippen LogP contribution in [0.25, 0.3) is 0 Å². The maximum absolute atomic E-state index is 3.66. The molecule has 0 aliphatic heterocycles. The molecule has 1 aromatic rings. The predicted octanol–water partition coefficient (Wildman–Crippen LogP) is 3.38. The molecule has 0 amide bonds. The summed E-state index contributed by atoms with van der Waals surface area (Å²) in [6.45, 7) is 13.2. The van der Waals surface area contributed by atoms with Gasteiger partial charge in [0.1, 0.15) is 0 Å². The van der Waals surface area contributed by atoms with E-state index in [2.05, 4.69) is 62.2 Å². The maximum atomic E-state index is 3.66. The Morgan fingerprint density at radius 2 is 1.67 bits per heavy atom. The van der Waals surface area contributed by atoms with Crippen molar-refractivity contribution in [2.75, 3.05) is 26.2 Å². The molecule has 0 spiro atoms. The Morgan fingerprint density at radius 1 is 1.06 bits per heavy atom. The Kier molecular flexibility index (Phi) is 6.99. The van der Waals surface area contributed by atoms with E-state index in [-0.39, 0.29) is 0 Å². The van der Waals surface area contributed by atoms with E-state index in [9.17, 15) is 0 Å². The third kappa shape index (κ3) is 4.79. The van der Waals surface area contributed by atoms with Crippen LogP contribution in [0.4, 0.5) is 0 Å². The molecule has 0 saturated heterocycles. The van der Waals surface area contributed by atoms with Gasteiger partial charge in [-0.15, -0.1) is 0 Å². The number of benzene rings is 1. The number of likely N-dealkylation sites (N-methyl/N-ethyl adjacent to an activating group) is 1. The molecule has 0 bridgehead atoms. The quantitative estimate of drug-likeness (QED) is 0.759. The molecular weight excluding hydrogens is 220 g/mol. The van der Waals surface area contributed by atoms with Crippen LogP contribution in [0.15, 0.2) is 24.3 Å². The van der Waals surface area contributed by atoms with Crippen molar-refractivity contribution in [3.05, 3.63) is 35.4 Å². The fraction of sp³-hybridized carbons (Fsp3) is 0.625. The van der Waals surface area contributed by atoms with Gasteiger partial charge in [-0.3, -0.25) is 0 Å². The number of rotatable bonds is 8. The normalized spacial score (nSPS) is 12.9. The zero-order valence-electron chi connectivity index (χ0n) is 12.4. The number of hydrogen-bond donors (Lipinski definition) is 1. The van der Waals surface area contributed by atoms with Crippen molar-refractivity contribution in [2.45, 2.75) is 40.2 Å². The fourth-order valence-electron chi connectivity index (χ4n) is 2.15. The summed E-state index contributed by atoms with van der Waals surface area (Å²) in [4.78, 5) is 2.48. The molecule has 1 N–H and O–H groups in total. The van der Waals surface area contributed by atoms with Crippen LogP contribution in [-0.2, 0) is 0 Å². The largest absolute Gasteiger partial charge is 0.309 e. The molecular formula is C16H28N2. The molecule has 102 valence electrons. The standard InChI is InChI=1S/C16H28N2/c1-5-12-17-16(13-18(6-2)7-3)15-10-8-14(4)9-11-15/h8-11,16-17H,5-7,12-13H2,1-4H3. The van der Waals surface area contributed by atoms with E-state index >= 15 is 0 Å². The smallest absolute Gasteiger partial charge is 0.0449 e. The van der Waals surface area contributed by atoms with Gasteiger partial charge in [-0.2, -0.15) is 0 Å². The topological polar surface area (TPSA) is 15.3 Å². The van der Waals surface area contributed by atoms with Gasteiger partial charge in [-0.05, 0) is 38.5 Å². The Balaban J connectivity index is 2.73. The number of nitrogens with zero attached hydrogens (tertiary/aromatic N) is 1. The molecule has 1 unspecified atom stereocenters. The van der Waals surface area contributed by atoms with Gasteiger partial charge >= 0.3 is 0 Å². The zero-order valence-corrected chi connectivity index (χ0v) is 12.4. The van der Waals surface area contributed by atoms with Crippen molar-refractivity contribution in [1.82, 2.24) is 10.2 Å². The van der Waals surface area contributed by atoms with Crippen LogP contribution >= 0.6 is 0 Å². The van der Waals surface area contributed by atoms with Crippen LogP contribution in [0.5, 0.6) is 0 Å². The number of hydrogen-bond acceptors (Lipinski definition) is 2. The van der Waals surface area contributed by atoms with Gasteiger partial charge in [0.2, 0.25) is 0 Å². The van der Waals surface area contributed by atoms with Crippen LogP contribution in [0.2, 0.25) is 0 Å². The van der Waals surface area contributed by atoms with E-state index in [1.807, 2.05) is 0 Å². The molecule has 18 heavy (non-hydrogen) atoms. The minimum Gasteiger partial charge on any atom is -0.309 e. The second kappa shape index (κ2) is 8.28. The average molecular weight is 248 g/mol. The first-order valence-electron chi connectivity index (χ1n) is 7.23. The van der Waals surface area contributed by atoms with Gasteiger partial charge < -0.3 is 10.2 Å². The van der Waals surface area contributed by atoms with Crippen LogP contribution in [0.1, 0.15) is 44.4 Å². The minimum absolute atomic E-state index is 0.449.